The summed E-state index contributed by atoms with van der Waals surface area (Å²) < 4.78 is 17.8. The first kappa shape index (κ1) is 17.6. The number of aromatic nitrogens is 1. The maximum Gasteiger partial charge on any atom is 0.140 e. The Bertz CT molecular complexity index is 1130. The summed E-state index contributed by atoms with van der Waals surface area (Å²) in [6.07, 6.45) is 1.94. The smallest absolute Gasteiger partial charge is 0.140 e. The maximum absolute atomic E-state index is 5.99. The molecule has 0 aliphatic carbocycles. The van der Waals surface area contributed by atoms with Crippen molar-refractivity contribution in [2.75, 3.05) is 6.61 Å². The number of benzene rings is 3. The molecule has 143 valence electrons. The van der Waals surface area contributed by atoms with Gasteiger partial charge in [-0.3, -0.25) is 0 Å². The van der Waals surface area contributed by atoms with Crippen molar-refractivity contribution >= 4 is 10.9 Å². The average Bonchev–Trinajstić information content (AvgIpc) is 2.78. The molecule has 1 radical (unpaired) electrons. The molecule has 4 aromatic rings. The van der Waals surface area contributed by atoms with Crippen LogP contribution in [0.4, 0.5) is 0 Å². The van der Waals surface area contributed by atoms with Crippen LogP contribution in [0.3, 0.4) is 0 Å². The molecule has 0 saturated heterocycles. The number of pyridine rings is 1. The Kier molecular flexibility index (Phi) is 4.75. The highest BCUT2D eigenvalue weighted by atomic mass is 16.5. The minimum atomic E-state index is -0.137. The molecule has 0 N–H and O–H groups in total. The van der Waals surface area contributed by atoms with Gasteiger partial charge in [0.15, 0.2) is 0 Å². The highest BCUT2D eigenvalue weighted by Gasteiger charge is 2.22. The molecule has 0 spiro atoms. The van der Waals surface area contributed by atoms with Gasteiger partial charge in [0, 0.05) is 17.4 Å². The average molecular weight is 382 g/mol. The van der Waals surface area contributed by atoms with E-state index in [-0.39, 0.29) is 6.10 Å². The predicted octanol–water partition coefficient (Wildman–Crippen LogP) is 5.21. The maximum atomic E-state index is 5.99. The third-order valence-electron chi connectivity index (χ3n) is 4.82. The van der Waals surface area contributed by atoms with E-state index >= 15 is 0 Å². The van der Waals surface area contributed by atoms with Crippen molar-refractivity contribution in [1.82, 2.24) is 4.98 Å². The van der Waals surface area contributed by atoms with Crippen LogP contribution < -0.4 is 14.2 Å². The molecule has 1 aromatic heterocycles. The molecule has 4 nitrogen and oxygen atoms in total. The summed E-state index contributed by atoms with van der Waals surface area (Å²) >= 11 is 0. The van der Waals surface area contributed by atoms with Crippen molar-refractivity contribution in [2.45, 2.75) is 12.7 Å². The standard InChI is InChI=1S/C25H20NO3/c1-2-7-21(8-3-1)29-23-15-19-14-22(12-13-25(19)28-17-23)27-16-20-11-10-18-6-4-5-9-24(18)26-20/h1-15,23H,16-17H2/t23-/m1/s1. The van der Waals surface area contributed by atoms with E-state index in [4.69, 9.17) is 14.2 Å². The SMILES string of the molecule is [CH]1c2cc(OCc3ccc4ccccc4n3)ccc2OC[C@@H]1Oc1ccccc1. The Labute approximate surface area is 169 Å². The first-order valence-electron chi connectivity index (χ1n) is 9.64. The Morgan fingerprint density at radius 2 is 1.72 bits per heavy atom. The molecule has 1 aliphatic heterocycles. The lowest BCUT2D eigenvalue weighted by molar-refractivity contribution is 0.142. The Morgan fingerprint density at radius 3 is 2.66 bits per heavy atom. The fraction of sp³-hybridized carbons (Fsp3) is 0.120. The Balaban J connectivity index is 1.27. The quantitative estimate of drug-likeness (QED) is 0.475. The van der Waals surface area contributed by atoms with Crippen molar-refractivity contribution in [3.05, 3.63) is 103 Å². The molecule has 5 rings (SSSR count). The van der Waals surface area contributed by atoms with Crippen molar-refractivity contribution in [1.29, 1.82) is 0 Å². The zero-order valence-electron chi connectivity index (χ0n) is 15.8. The molecule has 3 aromatic carbocycles. The summed E-state index contributed by atoms with van der Waals surface area (Å²) in [5, 5.41) is 1.13. The van der Waals surface area contributed by atoms with Gasteiger partial charge in [-0.1, -0.05) is 42.5 Å². The molecular weight excluding hydrogens is 362 g/mol. The third-order valence-corrected chi connectivity index (χ3v) is 4.82. The van der Waals surface area contributed by atoms with Crippen molar-refractivity contribution in [3.63, 3.8) is 0 Å². The fourth-order valence-electron chi connectivity index (χ4n) is 3.39. The molecule has 0 bridgehead atoms. The number of nitrogens with zero attached hydrogens (tertiary/aromatic N) is 1. The van der Waals surface area contributed by atoms with Crippen LogP contribution >= 0.6 is 0 Å². The lowest BCUT2D eigenvalue weighted by Crippen LogP contribution is -2.29. The molecule has 1 atom stereocenters. The van der Waals surface area contributed by atoms with Gasteiger partial charge in [0.05, 0.1) is 11.2 Å². The number of ether oxygens (including phenoxy) is 3. The molecule has 0 amide bonds. The molecular formula is C25H20NO3. The summed E-state index contributed by atoms with van der Waals surface area (Å²) in [4.78, 5) is 4.66. The van der Waals surface area contributed by atoms with Gasteiger partial charge in [-0.15, -0.1) is 0 Å². The second-order valence-corrected chi connectivity index (χ2v) is 6.93. The van der Waals surface area contributed by atoms with E-state index in [0.717, 1.165) is 39.4 Å². The molecule has 2 heterocycles. The highest BCUT2D eigenvalue weighted by molar-refractivity contribution is 5.78. The van der Waals surface area contributed by atoms with Crippen LogP contribution in [-0.4, -0.2) is 17.7 Å². The summed E-state index contributed by atoms with van der Waals surface area (Å²) in [5.41, 5.74) is 2.84. The molecule has 1 aliphatic rings. The Morgan fingerprint density at radius 1 is 0.862 bits per heavy atom. The van der Waals surface area contributed by atoms with Gasteiger partial charge < -0.3 is 14.2 Å². The van der Waals surface area contributed by atoms with Gasteiger partial charge in [-0.05, 0) is 42.5 Å². The normalized spacial score (nSPS) is 15.4. The number of hydrogen-bond acceptors (Lipinski definition) is 4. The second-order valence-electron chi connectivity index (χ2n) is 6.93. The zero-order chi connectivity index (χ0) is 19.5. The van der Waals surface area contributed by atoms with Crippen LogP contribution in [0.5, 0.6) is 17.2 Å². The Hall–Kier alpha value is -3.53. The molecule has 0 unspecified atom stereocenters. The zero-order valence-corrected chi connectivity index (χ0v) is 15.8. The third kappa shape index (κ3) is 4.02. The summed E-state index contributed by atoms with van der Waals surface area (Å²) in [7, 11) is 0. The van der Waals surface area contributed by atoms with Crippen LogP contribution in [0.15, 0.2) is 84.9 Å². The number of para-hydroxylation sites is 2. The van der Waals surface area contributed by atoms with Gasteiger partial charge in [-0.2, -0.15) is 0 Å². The van der Waals surface area contributed by atoms with Crippen molar-refractivity contribution in [2.24, 2.45) is 0 Å². The van der Waals surface area contributed by atoms with E-state index in [0.29, 0.717) is 13.2 Å². The monoisotopic (exact) mass is 382 g/mol. The van der Waals surface area contributed by atoms with Crippen LogP contribution in [0.1, 0.15) is 11.3 Å². The van der Waals surface area contributed by atoms with Crippen LogP contribution in [0, 0.1) is 6.42 Å². The first-order valence-corrected chi connectivity index (χ1v) is 9.64. The summed E-state index contributed by atoms with van der Waals surface area (Å²) in [6.45, 7) is 0.900. The topological polar surface area (TPSA) is 40.6 Å². The van der Waals surface area contributed by atoms with E-state index in [1.54, 1.807) is 0 Å². The summed E-state index contributed by atoms with van der Waals surface area (Å²) in [5.74, 6) is 2.45. The lowest BCUT2D eigenvalue weighted by Gasteiger charge is -2.26. The van der Waals surface area contributed by atoms with Gasteiger partial charge in [0.25, 0.3) is 0 Å². The number of rotatable bonds is 5. The second kappa shape index (κ2) is 7.84. The minimum Gasteiger partial charge on any atom is -0.489 e. The van der Waals surface area contributed by atoms with Crippen LogP contribution in [0.25, 0.3) is 10.9 Å². The van der Waals surface area contributed by atoms with Crippen molar-refractivity contribution in [3.8, 4) is 17.2 Å². The number of hydrogen-bond donors (Lipinski definition) is 0. The minimum absolute atomic E-state index is 0.137. The lowest BCUT2D eigenvalue weighted by atomic mass is 10.0. The predicted molar refractivity (Wildman–Crippen MR) is 112 cm³/mol. The fourth-order valence-corrected chi connectivity index (χ4v) is 3.39. The highest BCUT2D eigenvalue weighted by Crippen LogP contribution is 2.31. The molecule has 0 fully saturated rings. The van der Waals surface area contributed by atoms with Crippen molar-refractivity contribution < 1.29 is 14.2 Å². The van der Waals surface area contributed by atoms with E-state index in [1.807, 2.05) is 72.8 Å². The van der Waals surface area contributed by atoms with Crippen LogP contribution in [0.2, 0.25) is 0 Å². The molecule has 29 heavy (non-hydrogen) atoms. The largest absolute Gasteiger partial charge is 0.489 e. The van der Waals surface area contributed by atoms with E-state index in [2.05, 4.69) is 23.5 Å². The summed E-state index contributed by atoms with van der Waals surface area (Å²) in [6, 6.07) is 27.8. The van der Waals surface area contributed by atoms with Crippen LogP contribution in [-0.2, 0) is 6.61 Å². The van der Waals surface area contributed by atoms with Gasteiger partial charge >= 0.3 is 0 Å². The molecule has 4 heteroatoms. The van der Waals surface area contributed by atoms with Gasteiger partial charge in [-0.25, -0.2) is 4.98 Å². The van der Waals surface area contributed by atoms with E-state index in [9.17, 15) is 0 Å². The van der Waals surface area contributed by atoms with Gasteiger partial charge in [0.1, 0.15) is 36.6 Å². The van der Waals surface area contributed by atoms with E-state index in [1.165, 1.54) is 0 Å². The molecule has 0 saturated carbocycles. The van der Waals surface area contributed by atoms with Gasteiger partial charge in [0.2, 0.25) is 0 Å². The first-order chi connectivity index (χ1) is 14.3. The number of fused-ring (bicyclic) bond motifs is 2. The van der Waals surface area contributed by atoms with E-state index < -0.39 is 0 Å².